The maximum absolute atomic E-state index is 6.63. The summed E-state index contributed by atoms with van der Waals surface area (Å²) in [5, 5.41) is 2.21. The summed E-state index contributed by atoms with van der Waals surface area (Å²) >= 11 is 0. The van der Waals surface area contributed by atoms with E-state index in [1.165, 1.54) is 33.4 Å². The van der Waals surface area contributed by atoms with Gasteiger partial charge in [0.15, 0.2) is 0 Å². The summed E-state index contributed by atoms with van der Waals surface area (Å²) < 4.78 is 6.63. The van der Waals surface area contributed by atoms with Crippen LogP contribution in [0, 0.1) is 0 Å². The molecule has 2 aliphatic rings. The van der Waals surface area contributed by atoms with Gasteiger partial charge in [-0.25, -0.2) is 9.97 Å². The second-order valence-corrected chi connectivity index (χ2v) is 14.9. The Morgan fingerprint density at radius 2 is 0.930 bits per heavy atom. The highest BCUT2D eigenvalue weighted by Gasteiger charge is 2.52. The van der Waals surface area contributed by atoms with E-state index in [2.05, 4.69) is 181 Å². The molecule has 3 heterocycles. The van der Waals surface area contributed by atoms with Crippen LogP contribution >= 0.6 is 0 Å². The topological polar surface area (TPSA) is 42.2 Å². The molecular weight excluding hydrogens is 695 g/mol. The van der Waals surface area contributed by atoms with Gasteiger partial charge in [0.25, 0.3) is 0 Å². The first-order valence-electron chi connectivity index (χ1n) is 19.4. The number of furan rings is 1. The van der Waals surface area contributed by atoms with E-state index >= 15 is 0 Å². The Hall–Kier alpha value is -7.56. The van der Waals surface area contributed by atoms with Crippen molar-refractivity contribution in [2.24, 2.45) is 0 Å². The van der Waals surface area contributed by atoms with Gasteiger partial charge in [0, 0.05) is 27.5 Å². The summed E-state index contributed by atoms with van der Waals surface area (Å²) in [5.74, 6) is 0.609. The summed E-state index contributed by atoms with van der Waals surface area (Å²) in [7, 11) is 0. The summed E-state index contributed by atoms with van der Waals surface area (Å²) in [6.07, 6.45) is 0. The molecule has 266 valence electrons. The van der Waals surface area contributed by atoms with Gasteiger partial charge in [-0.15, -0.1) is 0 Å². The second-order valence-electron chi connectivity index (χ2n) is 14.9. The lowest BCUT2D eigenvalue weighted by atomic mass is 9.64. The third kappa shape index (κ3) is 4.56. The number of rotatable bonds is 4. The number of anilines is 3. The molecule has 8 aromatic carbocycles. The largest absolute Gasteiger partial charge is 0.455 e. The monoisotopic (exact) mass is 727 g/mol. The molecule has 57 heavy (non-hydrogen) atoms. The van der Waals surface area contributed by atoms with Gasteiger partial charge in [-0.2, -0.15) is 0 Å². The molecule has 1 aliphatic carbocycles. The van der Waals surface area contributed by atoms with Crippen molar-refractivity contribution in [1.29, 1.82) is 0 Å². The molecule has 0 N–H and O–H groups in total. The van der Waals surface area contributed by atoms with Crippen molar-refractivity contribution >= 4 is 39.3 Å². The molecule has 4 heteroatoms. The number of nitrogens with zero attached hydrogens (tertiary/aromatic N) is 3. The normalized spacial score (nSPS) is 13.4. The van der Waals surface area contributed by atoms with Crippen LogP contribution in [0.15, 0.2) is 205 Å². The molecule has 4 nitrogen and oxygen atoms in total. The fourth-order valence-corrected chi connectivity index (χ4v) is 9.52. The van der Waals surface area contributed by atoms with E-state index in [1.54, 1.807) is 0 Å². The molecular formula is C53H33N3O. The second kappa shape index (κ2) is 12.2. The maximum Gasteiger partial charge on any atom is 0.235 e. The minimum atomic E-state index is -0.585. The van der Waals surface area contributed by atoms with Crippen LogP contribution < -0.4 is 4.90 Å². The van der Waals surface area contributed by atoms with Crippen LogP contribution in [-0.2, 0) is 5.41 Å². The first kappa shape index (κ1) is 31.8. The van der Waals surface area contributed by atoms with Crippen molar-refractivity contribution in [3.05, 3.63) is 222 Å². The molecule has 10 aromatic rings. The molecule has 12 rings (SSSR count). The van der Waals surface area contributed by atoms with Crippen molar-refractivity contribution in [3.8, 4) is 44.8 Å². The first-order valence-corrected chi connectivity index (χ1v) is 19.4. The average molecular weight is 728 g/mol. The zero-order chi connectivity index (χ0) is 37.5. The van der Waals surface area contributed by atoms with E-state index in [9.17, 15) is 0 Å². The lowest BCUT2D eigenvalue weighted by Crippen LogP contribution is -2.36. The number of hydrogen-bond donors (Lipinski definition) is 0. The fraction of sp³-hybridized carbons (Fsp3) is 0.0189. The summed E-state index contributed by atoms with van der Waals surface area (Å²) in [6, 6.07) is 71.3. The van der Waals surface area contributed by atoms with E-state index in [4.69, 9.17) is 14.4 Å². The number of para-hydroxylation sites is 3. The zero-order valence-electron chi connectivity index (χ0n) is 30.8. The lowest BCUT2D eigenvalue weighted by molar-refractivity contribution is 0.670. The van der Waals surface area contributed by atoms with Gasteiger partial charge in [0.1, 0.15) is 11.2 Å². The average Bonchev–Trinajstić information content (AvgIpc) is 3.81. The molecule has 0 unspecified atom stereocenters. The van der Waals surface area contributed by atoms with Crippen molar-refractivity contribution in [2.75, 3.05) is 4.90 Å². The van der Waals surface area contributed by atoms with Gasteiger partial charge in [0.05, 0.1) is 28.2 Å². The lowest BCUT2D eigenvalue weighted by Gasteiger charge is -2.44. The van der Waals surface area contributed by atoms with Crippen LogP contribution in [0.2, 0.25) is 0 Å². The van der Waals surface area contributed by atoms with Crippen LogP contribution in [0.1, 0.15) is 22.3 Å². The molecule has 0 fully saturated rings. The predicted molar refractivity (Wildman–Crippen MR) is 231 cm³/mol. The number of fused-ring (bicyclic) bond motifs is 12. The Morgan fingerprint density at radius 1 is 0.386 bits per heavy atom. The van der Waals surface area contributed by atoms with E-state index < -0.39 is 5.41 Å². The molecule has 0 saturated heterocycles. The van der Waals surface area contributed by atoms with Crippen LogP contribution in [0.25, 0.3) is 66.7 Å². The van der Waals surface area contributed by atoms with E-state index in [0.29, 0.717) is 5.95 Å². The highest BCUT2D eigenvalue weighted by molar-refractivity contribution is 6.10. The van der Waals surface area contributed by atoms with Crippen molar-refractivity contribution in [3.63, 3.8) is 0 Å². The first-order chi connectivity index (χ1) is 28.3. The molecule has 1 spiro atoms. The number of hydrogen-bond acceptors (Lipinski definition) is 4. The molecule has 1 aliphatic heterocycles. The Balaban J connectivity index is 1.19. The highest BCUT2D eigenvalue weighted by Crippen LogP contribution is 2.63. The van der Waals surface area contributed by atoms with Gasteiger partial charge < -0.3 is 4.42 Å². The predicted octanol–water partition coefficient (Wildman–Crippen LogP) is 13.5. The Bertz CT molecular complexity index is 3100. The quantitative estimate of drug-likeness (QED) is 0.181. The number of aromatic nitrogens is 2. The summed E-state index contributed by atoms with van der Waals surface area (Å²) in [6.45, 7) is 0. The van der Waals surface area contributed by atoms with E-state index in [0.717, 1.165) is 67.0 Å². The molecule has 0 atom stereocenters. The van der Waals surface area contributed by atoms with Gasteiger partial charge in [-0.05, 0) is 63.2 Å². The number of benzene rings is 8. The minimum Gasteiger partial charge on any atom is -0.455 e. The summed E-state index contributed by atoms with van der Waals surface area (Å²) in [4.78, 5) is 13.2. The van der Waals surface area contributed by atoms with E-state index in [-0.39, 0.29) is 0 Å². The van der Waals surface area contributed by atoms with Crippen LogP contribution in [0.3, 0.4) is 0 Å². The van der Waals surface area contributed by atoms with Crippen LogP contribution in [0.5, 0.6) is 0 Å². The van der Waals surface area contributed by atoms with Crippen molar-refractivity contribution < 1.29 is 4.42 Å². The fourth-order valence-electron chi connectivity index (χ4n) is 9.52. The SMILES string of the molecule is c1ccc(-c2cc(-c3ccccc3)nc(N3c4ccccc4C4(c5ccccc5-c5ccccc54)c4ccc(-c5cccc6c5oc5ccccc56)cc43)n2)cc1. The Labute approximate surface area is 330 Å². The van der Waals surface area contributed by atoms with Gasteiger partial charge >= 0.3 is 0 Å². The van der Waals surface area contributed by atoms with E-state index in [1.807, 2.05) is 24.3 Å². The zero-order valence-corrected chi connectivity index (χ0v) is 30.8. The van der Waals surface area contributed by atoms with Crippen molar-refractivity contribution in [1.82, 2.24) is 9.97 Å². The smallest absolute Gasteiger partial charge is 0.235 e. The molecule has 0 saturated carbocycles. The minimum absolute atomic E-state index is 0.585. The Kier molecular flexibility index (Phi) is 6.81. The molecule has 0 bridgehead atoms. The van der Waals surface area contributed by atoms with Gasteiger partial charge in [-0.1, -0.05) is 176 Å². The van der Waals surface area contributed by atoms with Gasteiger partial charge in [-0.3, -0.25) is 4.90 Å². The third-order valence-electron chi connectivity index (χ3n) is 11.9. The van der Waals surface area contributed by atoms with Crippen LogP contribution in [-0.4, -0.2) is 9.97 Å². The maximum atomic E-state index is 6.63. The Morgan fingerprint density at radius 3 is 1.63 bits per heavy atom. The molecule has 0 radical (unpaired) electrons. The molecule has 2 aromatic heterocycles. The highest BCUT2D eigenvalue weighted by atomic mass is 16.3. The third-order valence-corrected chi connectivity index (χ3v) is 11.9. The van der Waals surface area contributed by atoms with Gasteiger partial charge in [0.2, 0.25) is 5.95 Å². The van der Waals surface area contributed by atoms with Crippen LogP contribution in [0.4, 0.5) is 17.3 Å². The summed E-state index contributed by atoms with van der Waals surface area (Å²) in [5.41, 5.74) is 16.5. The van der Waals surface area contributed by atoms with Crippen molar-refractivity contribution in [2.45, 2.75) is 5.41 Å². The standard InChI is InChI=1S/C53H33N3O/c1-3-16-34(17-4-1)46-33-47(35-18-5-2-6-19-35)55-52(54-46)56-48-28-13-12-27-44(48)53(42-25-10-7-20-38(42)39-21-8-11-26-43(39)53)45-31-30-36(32-49(45)56)37-23-15-24-41-40-22-9-14-29-50(40)57-51(37)41/h1-33H. The molecule has 0 amide bonds.